The molecule has 0 unspecified atom stereocenters. The highest BCUT2D eigenvalue weighted by molar-refractivity contribution is 5.85. The summed E-state index contributed by atoms with van der Waals surface area (Å²) >= 11 is 0. The largest absolute Gasteiger partial charge is 0.392 e. The average molecular weight is 354 g/mol. The number of hydrogen-bond acceptors (Lipinski definition) is 4. The second-order valence-electron chi connectivity index (χ2n) is 8.25. The number of aliphatic hydroxyl groups excluding tert-OH is 1. The van der Waals surface area contributed by atoms with Crippen molar-refractivity contribution in [2.24, 2.45) is 23.6 Å². The summed E-state index contributed by atoms with van der Waals surface area (Å²) in [5, 5.41) is 11.8. The van der Waals surface area contributed by atoms with Gasteiger partial charge in [-0.1, -0.05) is 18.2 Å². The van der Waals surface area contributed by atoms with Crippen molar-refractivity contribution in [3.63, 3.8) is 0 Å². The maximum absolute atomic E-state index is 12.3. The number of carbonyl (C=O) groups excluding carboxylic acids is 1. The minimum Gasteiger partial charge on any atom is -0.392 e. The Bertz CT molecular complexity index is 847. The molecule has 3 aliphatic rings. The zero-order valence-electron chi connectivity index (χ0n) is 14.8. The van der Waals surface area contributed by atoms with Crippen molar-refractivity contribution >= 4 is 16.8 Å². The van der Waals surface area contributed by atoms with Gasteiger partial charge < -0.3 is 10.1 Å². The summed E-state index contributed by atoms with van der Waals surface area (Å²) in [6.07, 6.45) is 3.05. The van der Waals surface area contributed by atoms with E-state index in [1.165, 1.54) is 22.2 Å². The summed E-state index contributed by atoms with van der Waals surface area (Å²) < 4.78 is 0. The molecule has 0 spiro atoms. The molecule has 1 aromatic carbocycles. The Morgan fingerprint density at radius 1 is 1.31 bits per heavy atom. The third kappa shape index (κ3) is 2.40. The van der Waals surface area contributed by atoms with Crippen molar-refractivity contribution < 1.29 is 9.90 Å². The van der Waals surface area contributed by atoms with E-state index in [9.17, 15) is 9.90 Å². The third-order valence-corrected chi connectivity index (χ3v) is 6.99. The number of aromatic nitrogens is 1. The standard InChI is InChI=1S/C20H26N4O2/c21-23-20(26)19-14-7-12-8-17-15(13-3-1-2-4-16(13)22-17)10-24(12)9-11(14)5-6-18(19)25/h1-4,11-12,14,18-19,22,25H,5-10,21H2,(H,23,26)/t11-,12-,14-,18-,19+/m1/s1. The topological polar surface area (TPSA) is 94.4 Å². The summed E-state index contributed by atoms with van der Waals surface area (Å²) in [6.45, 7) is 1.99. The van der Waals surface area contributed by atoms with Gasteiger partial charge >= 0.3 is 0 Å². The molecule has 3 heterocycles. The van der Waals surface area contributed by atoms with Crippen LogP contribution in [0.2, 0.25) is 0 Å². The van der Waals surface area contributed by atoms with Crippen molar-refractivity contribution in [3.8, 4) is 0 Å². The molecule has 6 nitrogen and oxygen atoms in total. The molecule has 1 saturated heterocycles. The molecule has 1 amide bonds. The van der Waals surface area contributed by atoms with Gasteiger partial charge in [-0.3, -0.25) is 15.1 Å². The van der Waals surface area contributed by atoms with Crippen LogP contribution < -0.4 is 11.3 Å². The second kappa shape index (κ2) is 6.08. The fraction of sp³-hybridized carbons (Fsp3) is 0.550. The highest BCUT2D eigenvalue weighted by Crippen LogP contribution is 2.45. The van der Waals surface area contributed by atoms with Crippen LogP contribution in [-0.2, 0) is 17.8 Å². The van der Waals surface area contributed by atoms with Crippen molar-refractivity contribution in [1.82, 2.24) is 15.3 Å². The number of para-hydroxylation sites is 1. The van der Waals surface area contributed by atoms with Crippen LogP contribution in [0.5, 0.6) is 0 Å². The Labute approximate surface area is 152 Å². The van der Waals surface area contributed by atoms with Gasteiger partial charge in [-0.05, 0) is 42.7 Å². The van der Waals surface area contributed by atoms with Gasteiger partial charge in [0.1, 0.15) is 0 Å². The van der Waals surface area contributed by atoms with E-state index in [1.54, 1.807) is 0 Å². The molecular weight excluding hydrogens is 328 g/mol. The number of piperidine rings is 1. The molecule has 1 aromatic heterocycles. The zero-order chi connectivity index (χ0) is 17.8. The summed E-state index contributed by atoms with van der Waals surface area (Å²) in [5.74, 6) is 5.50. The molecule has 1 aliphatic carbocycles. The van der Waals surface area contributed by atoms with Crippen LogP contribution in [0.4, 0.5) is 0 Å². The minimum atomic E-state index is -0.571. The van der Waals surface area contributed by atoms with Crippen molar-refractivity contribution in [3.05, 3.63) is 35.5 Å². The fourth-order valence-electron chi connectivity index (χ4n) is 5.76. The molecule has 5 N–H and O–H groups in total. The third-order valence-electron chi connectivity index (χ3n) is 6.99. The quantitative estimate of drug-likeness (QED) is 0.353. The Morgan fingerprint density at radius 2 is 2.15 bits per heavy atom. The Balaban J connectivity index is 1.45. The molecule has 138 valence electrons. The first kappa shape index (κ1) is 16.3. The Kier molecular flexibility index (Phi) is 3.81. The number of amides is 1. The lowest BCUT2D eigenvalue weighted by atomic mass is 9.64. The molecule has 5 atom stereocenters. The molecule has 5 rings (SSSR count). The van der Waals surface area contributed by atoms with Crippen LogP contribution in [0.15, 0.2) is 24.3 Å². The summed E-state index contributed by atoms with van der Waals surface area (Å²) in [4.78, 5) is 18.5. The molecule has 2 aliphatic heterocycles. The number of hydrazine groups is 1. The number of H-pyrrole nitrogens is 1. The number of hydrogen-bond donors (Lipinski definition) is 4. The Morgan fingerprint density at radius 3 is 3.00 bits per heavy atom. The van der Waals surface area contributed by atoms with Crippen molar-refractivity contribution in [2.75, 3.05) is 6.54 Å². The first-order chi connectivity index (χ1) is 12.7. The smallest absolute Gasteiger partial charge is 0.239 e. The van der Waals surface area contributed by atoms with E-state index in [4.69, 9.17) is 5.84 Å². The molecule has 2 aromatic rings. The van der Waals surface area contributed by atoms with E-state index in [0.717, 1.165) is 32.4 Å². The van der Waals surface area contributed by atoms with E-state index < -0.39 is 6.10 Å². The van der Waals surface area contributed by atoms with E-state index >= 15 is 0 Å². The van der Waals surface area contributed by atoms with Gasteiger partial charge in [-0.2, -0.15) is 0 Å². The number of rotatable bonds is 1. The summed E-state index contributed by atoms with van der Waals surface area (Å²) in [6, 6.07) is 8.95. The predicted octanol–water partition coefficient (Wildman–Crippen LogP) is 1.29. The maximum Gasteiger partial charge on any atom is 0.239 e. The number of nitrogens with two attached hydrogens (primary N) is 1. The minimum absolute atomic E-state index is 0.206. The van der Waals surface area contributed by atoms with E-state index in [2.05, 4.69) is 39.6 Å². The molecule has 26 heavy (non-hydrogen) atoms. The second-order valence-corrected chi connectivity index (χ2v) is 8.25. The Hall–Kier alpha value is -1.89. The predicted molar refractivity (Wildman–Crippen MR) is 98.9 cm³/mol. The van der Waals surface area contributed by atoms with Gasteiger partial charge in [0.05, 0.1) is 12.0 Å². The SMILES string of the molecule is NNC(=O)[C@H]1[C@@H]2C[C@@H]3Cc4[nH]c5ccccc5c4CN3C[C@H]2CC[C@H]1O. The average Bonchev–Trinajstić information content (AvgIpc) is 3.01. The molecule has 0 bridgehead atoms. The number of nitrogens with zero attached hydrogens (tertiary/aromatic N) is 1. The van der Waals surface area contributed by atoms with Crippen molar-refractivity contribution in [2.45, 2.75) is 44.4 Å². The van der Waals surface area contributed by atoms with Gasteiger partial charge in [0.15, 0.2) is 0 Å². The molecule has 1 saturated carbocycles. The van der Waals surface area contributed by atoms with E-state index in [0.29, 0.717) is 18.4 Å². The number of carbonyl (C=O) groups is 1. The lowest BCUT2D eigenvalue weighted by Crippen LogP contribution is -2.57. The number of aliphatic hydroxyl groups is 1. The number of fused-ring (bicyclic) bond motifs is 5. The van der Waals surface area contributed by atoms with Crippen LogP contribution in [-0.4, -0.2) is 39.6 Å². The zero-order valence-corrected chi connectivity index (χ0v) is 14.8. The van der Waals surface area contributed by atoms with E-state index in [-0.39, 0.29) is 17.7 Å². The summed E-state index contributed by atoms with van der Waals surface area (Å²) in [5.41, 5.74) is 6.27. The van der Waals surface area contributed by atoms with Gasteiger partial charge in [-0.25, -0.2) is 5.84 Å². The van der Waals surface area contributed by atoms with Crippen LogP contribution in [0.1, 0.15) is 30.5 Å². The molecular formula is C20H26N4O2. The van der Waals surface area contributed by atoms with Crippen LogP contribution >= 0.6 is 0 Å². The first-order valence-corrected chi connectivity index (χ1v) is 9.66. The first-order valence-electron chi connectivity index (χ1n) is 9.66. The maximum atomic E-state index is 12.3. The van der Waals surface area contributed by atoms with Crippen molar-refractivity contribution in [1.29, 1.82) is 0 Å². The lowest BCUT2D eigenvalue weighted by molar-refractivity contribution is -0.139. The van der Waals surface area contributed by atoms with Gasteiger partial charge in [0, 0.05) is 42.1 Å². The monoisotopic (exact) mass is 354 g/mol. The highest BCUT2D eigenvalue weighted by atomic mass is 16.3. The van der Waals surface area contributed by atoms with Gasteiger partial charge in [-0.15, -0.1) is 0 Å². The van der Waals surface area contributed by atoms with E-state index in [1.807, 2.05) is 0 Å². The summed E-state index contributed by atoms with van der Waals surface area (Å²) in [7, 11) is 0. The fourth-order valence-corrected chi connectivity index (χ4v) is 5.76. The van der Waals surface area contributed by atoms with Gasteiger partial charge in [0.2, 0.25) is 5.91 Å². The van der Waals surface area contributed by atoms with Gasteiger partial charge in [0.25, 0.3) is 0 Å². The number of benzene rings is 1. The van der Waals surface area contributed by atoms with Crippen LogP contribution in [0.3, 0.4) is 0 Å². The highest BCUT2D eigenvalue weighted by Gasteiger charge is 2.48. The number of nitrogens with one attached hydrogen (secondary N) is 2. The lowest BCUT2D eigenvalue weighted by Gasteiger charge is -2.51. The van der Waals surface area contributed by atoms with Crippen LogP contribution in [0.25, 0.3) is 10.9 Å². The molecule has 6 heteroatoms. The van der Waals surface area contributed by atoms with Crippen LogP contribution in [0, 0.1) is 17.8 Å². The molecule has 0 radical (unpaired) electrons. The number of aromatic amines is 1. The normalized spacial score (nSPS) is 34.0. The molecule has 2 fully saturated rings.